The van der Waals surface area contributed by atoms with E-state index in [1.54, 1.807) is 0 Å². The molecule has 0 aromatic carbocycles. The van der Waals surface area contributed by atoms with E-state index >= 15 is 0 Å². The van der Waals surface area contributed by atoms with Crippen molar-refractivity contribution in [3.8, 4) is 6.07 Å². The van der Waals surface area contributed by atoms with Gasteiger partial charge in [0.05, 0.1) is 11.3 Å². The predicted octanol–water partition coefficient (Wildman–Crippen LogP) is 2.29. The Hall–Kier alpha value is -1.30. The van der Waals surface area contributed by atoms with Crippen LogP contribution in [0.2, 0.25) is 0 Å². The predicted molar refractivity (Wildman–Crippen MR) is 51.3 cm³/mol. The van der Waals surface area contributed by atoms with Crippen LogP contribution < -0.4 is 0 Å². The average Bonchev–Trinajstić information content (AvgIpc) is 2.59. The highest BCUT2D eigenvalue weighted by molar-refractivity contribution is 5.33. The average molecular weight is 177 g/mol. The summed E-state index contributed by atoms with van der Waals surface area (Å²) in [6.07, 6.45) is 2.84. The van der Waals surface area contributed by atoms with Crippen molar-refractivity contribution in [2.75, 3.05) is 0 Å². The summed E-state index contributed by atoms with van der Waals surface area (Å²) in [5, 5.41) is 13.2. The van der Waals surface area contributed by atoms with Gasteiger partial charge in [-0.2, -0.15) is 10.4 Å². The van der Waals surface area contributed by atoms with Crippen LogP contribution in [0.1, 0.15) is 44.4 Å². The Balaban J connectivity index is 3.05. The van der Waals surface area contributed by atoms with E-state index in [2.05, 4.69) is 25.0 Å². The maximum Gasteiger partial charge on any atom is 0.103 e. The van der Waals surface area contributed by atoms with E-state index in [1.807, 2.05) is 17.8 Å². The maximum atomic E-state index is 8.87. The topological polar surface area (TPSA) is 41.6 Å². The molecule has 0 saturated carbocycles. The monoisotopic (exact) mass is 177 g/mol. The van der Waals surface area contributed by atoms with Gasteiger partial charge in [-0.05, 0) is 13.3 Å². The molecule has 1 rings (SSSR count). The molecule has 0 radical (unpaired) electrons. The standard InChI is InChI=1S/C10H15N3/c1-4-8(3)10-9(6-11)7-13(5-2)12-10/h7-8H,4-5H2,1-3H3. The van der Waals surface area contributed by atoms with Crippen molar-refractivity contribution in [3.63, 3.8) is 0 Å². The maximum absolute atomic E-state index is 8.87. The summed E-state index contributed by atoms with van der Waals surface area (Å²) in [4.78, 5) is 0. The minimum absolute atomic E-state index is 0.377. The van der Waals surface area contributed by atoms with Crippen molar-refractivity contribution in [3.05, 3.63) is 17.5 Å². The lowest BCUT2D eigenvalue weighted by atomic mass is 10.0. The molecule has 0 spiro atoms. The zero-order chi connectivity index (χ0) is 9.84. The molecule has 1 atom stereocenters. The Morgan fingerprint density at radius 2 is 2.31 bits per heavy atom. The Labute approximate surface area is 79.0 Å². The number of nitrogens with zero attached hydrogens (tertiary/aromatic N) is 3. The lowest BCUT2D eigenvalue weighted by Gasteiger charge is -2.03. The molecule has 1 unspecified atom stereocenters. The summed E-state index contributed by atoms with van der Waals surface area (Å²) in [7, 11) is 0. The SMILES string of the molecule is CCC(C)c1nn(CC)cc1C#N. The van der Waals surface area contributed by atoms with Crippen molar-refractivity contribution in [2.45, 2.75) is 39.7 Å². The number of nitriles is 1. The second-order valence-electron chi connectivity index (χ2n) is 3.20. The zero-order valence-corrected chi connectivity index (χ0v) is 8.41. The quantitative estimate of drug-likeness (QED) is 0.710. The first-order valence-electron chi connectivity index (χ1n) is 4.70. The fourth-order valence-electron chi connectivity index (χ4n) is 1.24. The van der Waals surface area contributed by atoms with Crippen molar-refractivity contribution in [1.29, 1.82) is 5.26 Å². The van der Waals surface area contributed by atoms with Gasteiger partial charge in [0.25, 0.3) is 0 Å². The van der Waals surface area contributed by atoms with Crippen molar-refractivity contribution in [2.24, 2.45) is 0 Å². The van der Waals surface area contributed by atoms with Crippen LogP contribution in [0.25, 0.3) is 0 Å². The number of hydrogen-bond acceptors (Lipinski definition) is 2. The molecule has 1 aromatic rings. The molecule has 13 heavy (non-hydrogen) atoms. The summed E-state index contributed by atoms with van der Waals surface area (Å²) in [5.74, 6) is 0.377. The first kappa shape index (κ1) is 9.79. The number of rotatable bonds is 3. The normalized spacial score (nSPS) is 12.5. The largest absolute Gasteiger partial charge is 0.271 e. The van der Waals surface area contributed by atoms with E-state index in [9.17, 15) is 0 Å². The van der Waals surface area contributed by atoms with Gasteiger partial charge in [-0.1, -0.05) is 13.8 Å². The van der Waals surface area contributed by atoms with Gasteiger partial charge < -0.3 is 0 Å². The van der Waals surface area contributed by atoms with Gasteiger partial charge in [0.15, 0.2) is 0 Å². The highest BCUT2D eigenvalue weighted by Crippen LogP contribution is 2.20. The Morgan fingerprint density at radius 3 is 2.77 bits per heavy atom. The van der Waals surface area contributed by atoms with Gasteiger partial charge >= 0.3 is 0 Å². The molecule has 0 bridgehead atoms. The third kappa shape index (κ3) is 1.89. The van der Waals surface area contributed by atoms with Crippen molar-refractivity contribution in [1.82, 2.24) is 9.78 Å². The highest BCUT2D eigenvalue weighted by atomic mass is 15.3. The zero-order valence-electron chi connectivity index (χ0n) is 8.41. The first-order valence-corrected chi connectivity index (χ1v) is 4.70. The van der Waals surface area contributed by atoms with E-state index in [0.717, 1.165) is 24.2 Å². The number of aryl methyl sites for hydroxylation is 1. The van der Waals surface area contributed by atoms with Crippen LogP contribution in [-0.4, -0.2) is 9.78 Å². The van der Waals surface area contributed by atoms with Crippen LogP contribution in [0.3, 0.4) is 0 Å². The van der Waals surface area contributed by atoms with Gasteiger partial charge in [0.1, 0.15) is 6.07 Å². The van der Waals surface area contributed by atoms with E-state index in [4.69, 9.17) is 5.26 Å². The van der Waals surface area contributed by atoms with Crippen LogP contribution in [0, 0.1) is 11.3 Å². The van der Waals surface area contributed by atoms with E-state index in [-0.39, 0.29) is 0 Å². The van der Waals surface area contributed by atoms with Gasteiger partial charge in [-0.15, -0.1) is 0 Å². The van der Waals surface area contributed by atoms with Crippen molar-refractivity contribution >= 4 is 0 Å². The molecule has 70 valence electrons. The fraction of sp³-hybridized carbons (Fsp3) is 0.600. The molecule has 1 aromatic heterocycles. The number of aromatic nitrogens is 2. The van der Waals surface area contributed by atoms with Crippen molar-refractivity contribution < 1.29 is 0 Å². The Morgan fingerprint density at radius 1 is 1.62 bits per heavy atom. The summed E-state index contributed by atoms with van der Waals surface area (Å²) < 4.78 is 1.82. The molecule has 3 nitrogen and oxygen atoms in total. The van der Waals surface area contributed by atoms with Gasteiger partial charge in [0.2, 0.25) is 0 Å². The summed E-state index contributed by atoms with van der Waals surface area (Å²) in [6, 6.07) is 2.18. The first-order chi connectivity index (χ1) is 6.22. The third-order valence-electron chi connectivity index (χ3n) is 2.31. The molecule has 1 heterocycles. The molecule has 0 aliphatic heterocycles. The van der Waals surface area contributed by atoms with E-state index in [1.165, 1.54) is 0 Å². The molecule has 0 aliphatic carbocycles. The molecular formula is C10H15N3. The third-order valence-corrected chi connectivity index (χ3v) is 2.31. The summed E-state index contributed by atoms with van der Waals surface area (Å²) in [5.41, 5.74) is 1.66. The van der Waals surface area contributed by atoms with Crippen LogP contribution >= 0.6 is 0 Å². The molecule has 0 amide bonds. The smallest absolute Gasteiger partial charge is 0.103 e. The van der Waals surface area contributed by atoms with Gasteiger partial charge in [0, 0.05) is 18.7 Å². The Kier molecular flexibility index (Phi) is 3.07. The fourth-order valence-corrected chi connectivity index (χ4v) is 1.24. The van der Waals surface area contributed by atoms with Crippen LogP contribution in [0.5, 0.6) is 0 Å². The molecule has 0 fully saturated rings. The lowest BCUT2D eigenvalue weighted by Crippen LogP contribution is -1.98. The minimum atomic E-state index is 0.377. The molecule has 0 aliphatic rings. The van der Waals surface area contributed by atoms with Crippen LogP contribution in [0.15, 0.2) is 6.20 Å². The van der Waals surface area contributed by atoms with Crippen LogP contribution in [0.4, 0.5) is 0 Å². The molecule has 3 heteroatoms. The second kappa shape index (κ2) is 4.08. The number of hydrogen-bond donors (Lipinski definition) is 0. The molecule has 0 saturated heterocycles. The minimum Gasteiger partial charge on any atom is -0.271 e. The summed E-state index contributed by atoms with van der Waals surface area (Å²) >= 11 is 0. The molecular weight excluding hydrogens is 162 g/mol. The highest BCUT2D eigenvalue weighted by Gasteiger charge is 2.13. The second-order valence-corrected chi connectivity index (χ2v) is 3.20. The lowest BCUT2D eigenvalue weighted by molar-refractivity contribution is 0.618. The molecule has 0 N–H and O–H groups in total. The van der Waals surface area contributed by atoms with E-state index in [0.29, 0.717) is 5.92 Å². The summed E-state index contributed by atoms with van der Waals surface area (Å²) in [6.45, 7) is 7.06. The van der Waals surface area contributed by atoms with E-state index < -0.39 is 0 Å². The van der Waals surface area contributed by atoms with Gasteiger partial charge in [-0.25, -0.2) is 0 Å². The Bertz CT molecular complexity index is 319. The van der Waals surface area contributed by atoms with Crippen LogP contribution in [-0.2, 0) is 6.54 Å². The van der Waals surface area contributed by atoms with Gasteiger partial charge in [-0.3, -0.25) is 4.68 Å².